The molecule has 2 saturated heterocycles. The van der Waals surface area contributed by atoms with Crippen molar-refractivity contribution in [2.75, 3.05) is 26.2 Å². The second kappa shape index (κ2) is 7.30. The van der Waals surface area contributed by atoms with Gasteiger partial charge in [0.1, 0.15) is 0 Å². The summed E-state index contributed by atoms with van der Waals surface area (Å²) in [6.45, 7) is 4.07. The minimum atomic E-state index is -0.245. The number of carbonyl (C=O) groups is 2. The van der Waals surface area contributed by atoms with Crippen molar-refractivity contribution in [1.82, 2.24) is 14.8 Å². The third-order valence-corrected chi connectivity index (χ3v) is 5.24. The Morgan fingerprint density at radius 2 is 2.17 bits per heavy atom. The maximum atomic E-state index is 12.3. The smallest absolute Gasteiger partial charge is 0.222 e. The summed E-state index contributed by atoms with van der Waals surface area (Å²) in [6.07, 6.45) is 5.99. The molecule has 2 amide bonds. The minimum absolute atomic E-state index is 0.151. The van der Waals surface area contributed by atoms with E-state index in [2.05, 4.69) is 9.88 Å². The quantitative estimate of drug-likeness (QED) is 0.879. The summed E-state index contributed by atoms with van der Waals surface area (Å²) >= 11 is 0. The normalized spacial score (nSPS) is 25.2. The molecule has 2 aliphatic rings. The molecule has 3 rings (SSSR count). The van der Waals surface area contributed by atoms with Crippen molar-refractivity contribution < 1.29 is 9.59 Å². The average Bonchev–Trinajstić information content (AvgIpc) is 2.58. The molecular weight excluding hydrogens is 304 g/mol. The Hall–Kier alpha value is -1.95. The zero-order chi connectivity index (χ0) is 17.0. The molecule has 1 aromatic heterocycles. The van der Waals surface area contributed by atoms with Crippen molar-refractivity contribution >= 4 is 11.8 Å². The molecule has 2 N–H and O–H groups in total. The van der Waals surface area contributed by atoms with Crippen LogP contribution in [0.15, 0.2) is 24.4 Å². The molecule has 1 aromatic rings. The van der Waals surface area contributed by atoms with Crippen LogP contribution in [0.3, 0.4) is 0 Å². The molecule has 6 nitrogen and oxygen atoms in total. The fourth-order valence-electron chi connectivity index (χ4n) is 4.04. The zero-order valence-electron chi connectivity index (χ0n) is 14.1. The van der Waals surface area contributed by atoms with E-state index < -0.39 is 0 Å². The van der Waals surface area contributed by atoms with Crippen LogP contribution in [0.1, 0.15) is 37.8 Å². The van der Waals surface area contributed by atoms with Gasteiger partial charge in [-0.25, -0.2) is 0 Å². The molecular formula is C18H26N4O2. The highest BCUT2D eigenvalue weighted by molar-refractivity contribution is 5.77. The Morgan fingerprint density at radius 1 is 1.29 bits per heavy atom. The molecule has 0 aliphatic carbocycles. The number of rotatable bonds is 5. The molecule has 3 heterocycles. The lowest BCUT2D eigenvalue weighted by Crippen LogP contribution is -2.54. The van der Waals surface area contributed by atoms with E-state index >= 15 is 0 Å². The molecule has 24 heavy (non-hydrogen) atoms. The van der Waals surface area contributed by atoms with Crippen molar-refractivity contribution in [3.8, 4) is 0 Å². The Kier molecular flexibility index (Phi) is 5.14. The van der Waals surface area contributed by atoms with E-state index in [4.69, 9.17) is 5.73 Å². The van der Waals surface area contributed by atoms with E-state index in [9.17, 15) is 9.59 Å². The van der Waals surface area contributed by atoms with Crippen LogP contribution in [0.4, 0.5) is 0 Å². The monoisotopic (exact) mass is 330 g/mol. The lowest BCUT2D eigenvalue weighted by Gasteiger charge is -2.48. The van der Waals surface area contributed by atoms with E-state index in [-0.39, 0.29) is 17.2 Å². The van der Waals surface area contributed by atoms with Gasteiger partial charge in [-0.2, -0.15) is 0 Å². The second-order valence-corrected chi connectivity index (χ2v) is 7.17. The van der Waals surface area contributed by atoms with Crippen LogP contribution in [-0.2, 0) is 16.1 Å². The molecule has 2 aliphatic heterocycles. The number of primary amides is 1. The largest absolute Gasteiger partial charge is 0.370 e. The third-order valence-electron chi connectivity index (χ3n) is 5.24. The minimum Gasteiger partial charge on any atom is -0.370 e. The summed E-state index contributed by atoms with van der Waals surface area (Å²) in [6, 6.07) is 5.81. The highest BCUT2D eigenvalue weighted by Gasteiger charge is 2.41. The first-order valence-corrected chi connectivity index (χ1v) is 8.75. The summed E-state index contributed by atoms with van der Waals surface area (Å²) in [5.74, 6) is -0.0224. The van der Waals surface area contributed by atoms with Crippen LogP contribution in [0.2, 0.25) is 0 Å². The highest BCUT2D eigenvalue weighted by Crippen LogP contribution is 2.39. The topological polar surface area (TPSA) is 79.5 Å². The number of likely N-dealkylation sites (tertiary alicyclic amines) is 2. The van der Waals surface area contributed by atoms with E-state index in [0.717, 1.165) is 51.1 Å². The Balaban J connectivity index is 1.64. The molecule has 2 fully saturated rings. The lowest BCUT2D eigenvalue weighted by molar-refractivity contribution is -0.140. The predicted molar refractivity (Wildman–Crippen MR) is 90.8 cm³/mol. The zero-order valence-corrected chi connectivity index (χ0v) is 14.1. The van der Waals surface area contributed by atoms with E-state index in [1.165, 1.54) is 0 Å². The van der Waals surface area contributed by atoms with Gasteiger partial charge < -0.3 is 15.5 Å². The molecule has 6 heteroatoms. The van der Waals surface area contributed by atoms with Crippen molar-refractivity contribution in [3.63, 3.8) is 0 Å². The predicted octanol–water partition coefficient (Wildman–Crippen LogP) is 1.16. The molecule has 0 aromatic carbocycles. The van der Waals surface area contributed by atoms with Gasteiger partial charge in [0.25, 0.3) is 0 Å². The van der Waals surface area contributed by atoms with Crippen molar-refractivity contribution in [2.24, 2.45) is 11.1 Å². The van der Waals surface area contributed by atoms with E-state index in [1.807, 2.05) is 23.1 Å². The van der Waals surface area contributed by atoms with E-state index in [0.29, 0.717) is 19.4 Å². The second-order valence-electron chi connectivity index (χ2n) is 7.17. The summed E-state index contributed by atoms with van der Waals surface area (Å²) in [5.41, 5.74) is 6.37. The Labute approximate surface area is 143 Å². The number of nitrogens with two attached hydrogens (primary N) is 1. The van der Waals surface area contributed by atoms with Gasteiger partial charge >= 0.3 is 0 Å². The van der Waals surface area contributed by atoms with Crippen LogP contribution in [0, 0.1) is 5.41 Å². The van der Waals surface area contributed by atoms with Gasteiger partial charge in [-0.1, -0.05) is 6.07 Å². The van der Waals surface area contributed by atoms with Gasteiger partial charge in [0.15, 0.2) is 0 Å². The fraction of sp³-hybridized carbons (Fsp3) is 0.611. The first-order valence-electron chi connectivity index (χ1n) is 8.75. The summed E-state index contributed by atoms with van der Waals surface area (Å²) in [5, 5.41) is 0. The number of hydrogen-bond acceptors (Lipinski definition) is 4. The third kappa shape index (κ3) is 4.12. The highest BCUT2D eigenvalue weighted by atomic mass is 16.2. The molecule has 1 spiro atoms. The molecule has 0 bridgehead atoms. The van der Waals surface area contributed by atoms with Gasteiger partial charge in [-0.15, -0.1) is 0 Å². The SMILES string of the molecule is NC(=O)CCN1CCCC2(CCC(=O)N(Cc3ccccn3)C2)C1. The number of hydrogen-bond donors (Lipinski definition) is 1. The average molecular weight is 330 g/mol. The van der Waals surface area contributed by atoms with Crippen LogP contribution in [0.5, 0.6) is 0 Å². The van der Waals surface area contributed by atoms with Gasteiger partial charge in [-0.05, 0) is 37.9 Å². The molecule has 0 saturated carbocycles. The summed E-state index contributed by atoms with van der Waals surface area (Å²) in [4.78, 5) is 32.0. The summed E-state index contributed by atoms with van der Waals surface area (Å²) < 4.78 is 0. The molecule has 0 radical (unpaired) electrons. The van der Waals surface area contributed by atoms with Crippen molar-refractivity contribution in [3.05, 3.63) is 30.1 Å². The lowest BCUT2D eigenvalue weighted by atomic mass is 9.73. The molecule has 1 unspecified atom stereocenters. The fourth-order valence-corrected chi connectivity index (χ4v) is 4.04. The molecule has 130 valence electrons. The van der Waals surface area contributed by atoms with Crippen molar-refractivity contribution in [2.45, 2.75) is 38.6 Å². The number of pyridine rings is 1. The maximum Gasteiger partial charge on any atom is 0.222 e. The van der Waals surface area contributed by atoms with Gasteiger partial charge in [0.05, 0.1) is 12.2 Å². The number of piperidine rings is 2. The van der Waals surface area contributed by atoms with Crippen LogP contribution < -0.4 is 5.73 Å². The number of aromatic nitrogens is 1. The van der Waals surface area contributed by atoms with Crippen LogP contribution in [-0.4, -0.2) is 52.8 Å². The summed E-state index contributed by atoms with van der Waals surface area (Å²) in [7, 11) is 0. The van der Waals surface area contributed by atoms with Crippen LogP contribution >= 0.6 is 0 Å². The Morgan fingerprint density at radius 3 is 2.92 bits per heavy atom. The molecule has 1 atom stereocenters. The number of amides is 2. The van der Waals surface area contributed by atoms with Gasteiger partial charge in [0.2, 0.25) is 11.8 Å². The number of nitrogens with zero attached hydrogens (tertiary/aromatic N) is 3. The maximum absolute atomic E-state index is 12.3. The standard InChI is InChI=1S/C18H26N4O2/c19-16(23)6-11-21-10-3-7-18(13-21)8-5-17(24)22(14-18)12-15-4-1-2-9-20-15/h1-2,4,9H,3,5-8,10-14H2,(H2,19,23). The first kappa shape index (κ1) is 16.9. The van der Waals surface area contributed by atoms with Gasteiger partial charge in [-0.3, -0.25) is 14.6 Å². The first-order chi connectivity index (χ1) is 11.6. The van der Waals surface area contributed by atoms with Gasteiger partial charge in [0, 0.05) is 44.1 Å². The van der Waals surface area contributed by atoms with E-state index in [1.54, 1.807) is 6.20 Å². The van der Waals surface area contributed by atoms with Crippen molar-refractivity contribution in [1.29, 1.82) is 0 Å². The Bertz CT molecular complexity index is 592. The van der Waals surface area contributed by atoms with Crippen LogP contribution in [0.25, 0.3) is 0 Å². The number of carbonyl (C=O) groups excluding carboxylic acids is 2.